The first-order valence-electron chi connectivity index (χ1n) is 10.00. The van der Waals surface area contributed by atoms with Gasteiger partial charge in [0, 0.05) is 55.1 Å². The Kier molecular flexibility index (Phi) is 6.23. The molecular weight excluding hydrogens is 364 g/mol. The predicted octanol–water partition coefficient (Wildman–Crippen LogP) is 2.76. The molecule has 6 heteroatoms. The van der Waals surface area contributed by atoms with Crippen LogP contribution in [0.5, 0.6) is 0 Å². The molecule has 0 bridgehead atoms. The molecule has 6 nitrogen and oxygen atoms in total. The number of carbonyl (C=O) groups is 2. The molecule has 0 spiro atoms. The molecule has 3 N–H and O–H groups in total. The average molecular weight is 395 g/mol. The van der Waals surface area contributed by atoms with Gasteiger partial charge < -0.3 is 16.0 Å². The lowest BCUT2D eigenvalue weighted by molar-refractivity contribution is 0.0628. The lowest BCUT2D eigenvalue weighted by atomic mass is 10.1. The summed E-state index contributed by atoms with van der Waals surface area (Å²) in [6.07, 6.45) is 0. The molecule has 0 unspecified atom stereocenters. The third kappa shape index (κ3) is 5.81. The maximum atomic E-state index is 12.6. The molecule has 154 valence electrons. The van der Waals surface area contributed by atoms with E-state index in [1.807, 2.05) is 49.9 Å². The SMILES string of the molecule is CC(C)(C)NC(=O)c1cccc(CN2CCN(C(=O)c3ccc(N)cc3)CC2)c1. The fraction of sp³-hybridized carbons (Fsp3) is 0.391. The van der Waals surface area contributed by atoms with E-state index >= 15 is 0 Å². The number of benzene rings is 2. The van der Waals surface area contributed by atoms with Crippen molar-refractivity contribution in [2.24, 2.45) is 0 Å². The van der Waals surface area contributed by atoms with E-state index in [0.717, 1.165) is 25.2 Å². The lowest BCUT2D eigenvalue weighted by Crippen LogP contribution is -2.48. The number of piperazine rings is 1. The highest BCUT2D eigenvalue weighted by Gasteiger charge is 2.22. The minimum Gasteiger partial charge on any atom is -0.399 e. The van der Waals surface area contributed by atoms with Gasteiger partial charge in [-0.2, -0.15) is 0 Å². The van der Waals surface area contributed by atoms with E-state index in [2.05, 4.69) is 10.2 Å². The molecule has 1 fully saturated rings. The van der Waals surface area contributed by atoms with Gasteiger partial charge in [-0.05, 0) is 62.7 Å². The number of rotatable bonds is 4. The summed E-state index contributed by atoms with van der Waals surface area (Å²) in [4.78, 5) is 29.2. The summed E-state index contributed by atoms with van der Waals surface area (Å²) < 4.78 is 0. The number of amides is 2. The number of nitrogens with one attached hydrogen (secondary N) is 1. The van der Waals surface area contributed by atoms with Gasteiger partial charge in [-0.1, -0.05) is 12.1 Å². The van der Waals surface area contributed by atoms with Gasteiger partial charge in [0.05, 0.1) is 0 Å². The molecule has 0 aliphatic carbocycles. The van der Waals surface area contributed by atoms with Crippen molar-refractivity contribution in [3.8, 4) is 0 Å². The second-order valence-corrected chi connectivity index (χ2v) is 8.59. The Labute approximate surface area is 172 Å². The van der Waals surface area contributed by atoms with Gasteiger partial charge in [0.1, 0.15) is 0 Å². The Hall–Kier alpha value is -2.86. The molecule has 0 saturated carbocycles. The van der Waals surface area contributed by atoms with Crippen LogP contribution in [0.4, 0.5) is 5.69 Å². The molecule has 1 saturated heterocycles. The first-order chi connectivity index (χ1) is 13.7. The summed E-state index contributed by atoms with van der Waals surface area (Å²) in [6.45, 7) is 9.67. The second-order valence-electron chi connectivity index (χ2n) is 8.59. The number of nitrogen functional groups attached to an aromatic ring is 1. The first kappa shape index (κ1) is 20.9. The van der Waals surface area contributed by atoms with Crippen LogP contribution in [0.1, 0.15) is 47.1 Å². The number of carbonyl (C=O) groups excluding carboxylic acids is 2. The van der Waals surface area contributed by atoms with Crippen LogP contribution in [0, 0.1) is 0 Å². The van der Waals surface area contributed by atoms with Crippen LogP contribution in [-0.4, -0.2) is 53.3 Å². The van der Waals surface area contributed by atoms with Crippen molar-refractivity contribution in [3.05, 3.63) is 65.2 Å². The molecule has 1 aliphatic rings. The Morgan fingerprint density at radius 1 is 0.966 bits per heavy atom. The Balaban J connectivity index is 1.55. The number of anilines is 1. The van der Waals surface area contributed by atoms with Gasteiger partial charge >= 0.3 is 0 Å². The molecule has 2 aromatic rings. The maximum absolute atomic E-state index is 12.6. The van der Waals surface area contributed by atoms with Gasteiger partial charge in [-0.25, -0.2) is 0 Å². The fourth-order valence-corrected chi connectivity index (χ4v) is 3.40. The van der Waals surface area contributed by atoms with Crippen molar-refractivity contribution in [1.29, 1.82) is 0 Å². The summed E-state index contributed by atoms with van der Waals surface area (Å²) in [7, 11) is 0. The average Bonchev–Trinajstić information content (AvgIpc) is 2.67. The fourth-order valence-electron chi connectivity index (χ4n) is 3.40. The van der Waals surface area contributed by atoms with Gasteiger partial charge in [0.25, 0.3) is 11.8 Å². The second kappa shape index (κ2) is 8.66. The van der Waals surface area contributed by atoms with E-state index in [4.69, 9.17) is 5.73 Å². The molecule has 2 aromatic carbocycles. The summed E-state index contributed by atoms with van der Waals surface area (Å²) in [5.41, 5.74) is 8.54. The molecular formula is C23H30N4O2. The van der Waals surface area contributed by atoms with E-state index in [1.54, 1.807) is 24.3 Å². The van der Waals surface area contributed by atoms with Gasteiger partial charge in [0.15, 0.2) is 0 Å². The molecule has 29 heavy (non-hydrogen) atoms. The summed E-state index contributed by atoms with van der Waals surface area (Å²) >= 11 is 0. The van der Waals surface area contributed by atoms with E-state index in [0.29, 0.717) is 29.9 Å². The van der Waals surface area contributed by atoms with Crippen LogP contribution < -0.4 is 11.1 Å². The van der Waals surface area contributed by atoms with Crippen LogP contribution in [0.25, 0.3) is 0 Å². The predicted molar refractivity (Wildman–Crippen MR) is 116 cm³/mol. The van der Waals surface area contributed by atoms with Crippen LogP contribution >= 0.6 is 0 Å². The van der Waals surface area contributed by atoms with Crippen molar-refractivity contribution >= 4 is 17.5 Å². The monoisotopic (exact) mass is 394 g/mol. The zero-order valence-corrected chi connectivity index (χ0v) is 17.4. The van der Waals surface area contributed by atoms with Crippen LogP contribution in [0.2, 0.25) is 0 Å². The van der Waals surface area contributed by atoms with E-state index in [1.165, 1.54) is 0 Å². The van der Waals surface area contributed by atoms with Crippen molar-refractivity contribution in [3.63, 3.8) is 0 Å². The quantitative estimate of drug-likeness (QED) is 0.782. The van der Waals surface area contributed by atoms with Crippen LogP contribution in [0.3, 0.4) is 0 Å². The topological polar surface area (TPSA) is 78.7 Å². The molecule has 0 radical (unpaired) electrons. The molecule has 1 aliphatic heterocycles. The third-order valence-electron chi connectivity index (χ3n) is 4.90. The van der Waals surface area contributed by atoms with Crippen molar-refractivity contribution < 1.29 is 9.59 Å². The highest BCUT2D eigenvalue weighted by Crippen LogP contribution is 2.14. The van der Waals surface area contributed by atoms with Gasteiger partial charge in [-0.15, -0.1) is 0 Å². The van der Waals surface area contributed by atoms with Gasteiger partial charge in [0.2, 0.25) is 0 Å². The van der Waals surface area contributed by atoms with Crippen molar-refractivity contribution in [1.82, 2.24) is 15.1 Å². The maximum Gasteiger partial charge on any atom is 0.253 e. The molecule has 0 atom stereocenters. The van der Waals surface area contributed by atoms with E-state index in [-0.39, 0.29) is 17.4 Å². The third-order valence-corrected chi connectivity index (χ3v) is 4.90. The van der Waals surface area contributed by atoms with Crippen molar-refractivity contribution in [2.75, 3.05) is 31.9 Å². The standard InChI is InChI=1S/C23H30N4O2/c1-23(2,3)25-21(28)19-6-4-5-17(15-19)16-26-11-13-27(14-12-26)22(29)18-7-9-20(24)10-8-18/h4-10,15H,11-14,16,24H2,1-3H3,(H,25,28). The summed E-state index contributed by atoms with van der Waals surface area (Å²) in [6, 6.07) is 14.8. The van der Waals surface area contributed by atoms with E-state index in [9.17, 15) is 9.59 Å². The Morgan fingerprint density at radius 3 is 2.24 bits per heavy atom. The number of nitrogens with two attached hydrogens (primary N) is 1. The molecule has 2 amide bonds. The highest BCUT2D eigenvalue weighted by molar-refractivity contribution is 5.95. The van der Waals surface area contributed by atoms with Crippen LogP contribution in [-0.2, 0) is 6.54 Å². The van der Waals surface area contributed by atoms with E-state index < -0.39 is 0 Å². The zero-order chi connectivity index (χ0) is 21.0. The minimum absolute atomic E-state index is 0.0468. The number of hydrogen-bond acceptors (Lipinski definition) is 4. The number of nitrogens with zero attached hydrogens (tertiary/aromatic N) is 2. The van der Waals surface area contributed by atoms with Gasteiger partial charge in [-0.3, -0.25) is 14.5 Å². The normalized spacial score (nSPS) is 15.2. The first-order valence-corrected chi connectivity index (χ1v) is 10.00. The largest absolute Gasteiger partial charge is 0.399 e. The smallest absolute Gasteiger partial charge is 0.253 e. The highest BCUT2D eigenvalue weighted by atomic mass is 16.2. The zero-order valence-electron chi connectivity index (χ0n) is 17.4. The Bertz CT molecular complexity index is 863. The molecule has 1 heterocycles. The molecule has 3 rings (SSSR count). The minimum atomic E-state index is -0.263. The van der Waals surface area contributed by atoms with Crippen molar-refractivity contribution in [2.45, 2.75) is 32.9 Å². The van der Waals surface area contributed by atoms with Crippen LogP contribution in [0.15, 0.2) is 48.5 Å². The Morgan fingerprint density at radius 2 is 1.62 bits per heavy atom. The number of hydrogen-bond donors (Lipinski definition) is 2. The molecule has 0 aromatic heterocycles. The summed E-state index contributed by atoms with van der Waals surface area (Å²) in [5, 5.41) is 3.00. The summed E-state index contributed by atoms with van der Waals surface area (Å²) in [5.74, 6) is -0.0104. The lowest BCUT2D eigenvalue weighted by Gasteiger charge is -2.35.